The van der Waals surface area contributed by atoms with E-state index in [9.17, 15) is 0 Å². The maximum absolute atomic E-state index is 4.45. The number of hydrogen-bond acceptors (Lipinski definition) is 2. The lowest BCUT2D eigenvalue weighted by Gasteiger charge is -2.38. The van der Waals surface area contributed by atoms with Crippen LogP contribution in [0.15, 0.2) is 103 Å². The second-order valence-electron chi connectivity index (χ2n) is 6.50. The molecule has 0 bridgehead atoms. The minimum Gasteiger partial charge on any atom is -0.376 e. The fraction of sp³-hybridized carbons (Fsp3) is 0. The second-order valence-corrected chi connectivity index (χ2v) is 6.50. The molecule has 1 aromatic heterocycles. The molecule has 5 rings (SSSR count). The van der Waals surface area contributed by atoms with Crippen LogP contribution in [-0.4, -0.2) is 11.8 Å². The summed E-state index contributed by atoms with van der Waals surface area (Å²) in [5.41, 5.74) is 7.42. The van der Waals surface area contributed by atoms with Crippen molar-refractivity contribution in [2.45, 2.75) is 0 Å². The van der Waals surface area contributed by atoms with Crippen molar-refractivity contribution >= 4 is 29.1 Å². The van der Waals surface area contributed by atoms with Crippen molar-refractivity contribution in [2.24, 2.45) is 0 Å². The molecule has 4 aromatic rings. The molecule has 122 valence electrons. The Labute approximate surface area is 153 Å². The van der Waals surface area contributed by atoms with Crippen LogP contribution in [0.5, 0.6) is 0 Å². The first-order chi connectivity index (χ1) is 12.9. The highest BCUT2D eigenvalue weighted by atomic mass is 15.1. The second kappa shape index (κ2) is 6.19. The van der Waals surface area contributed by atoms with Crippen molar-refractivity contribution in [2.75, 3.05) is 4.81 Å². The molecule has 3 aromatic carbocycles. The normalized spacial score (nSPS) is 12.5. The minimum atomic E-state index is 0.0946. The molecule has 2 nitrogen and oxygen atoms in total. The van der Waals surface area contributed by atoms with Gasteiger partial charge in [0.1, 0.15) is 0 Å². The van der Waals surface area contributed by atoms with E-state index in [0.717, 1.165) is 0 Å². The van der Waals surface area contributed by atoms with Crippen LogP contribution in [-0.2, 0) is 0 Å². The Kier molecular flexibility index (Phi) is 3.57. The zero-order chi connectivity index (χ0) is 17.3. The first-order valence-corrected chi connectivity index (χ1v) is 8.86. The van der Waals surface area contributed by atoms with E-state index in [4.69, 9.17) is 0 Å². The number of anilines is 2. The van der Waals surface area contributed by atoms with Crippen molar-refractivity contribution in [1.82, 2.24) is 4.98 Å². The molecule has 0 spiro atoms. The van der Waals surface area contributed by atoms with Gasteiger partial charge in [0.25, 0.3) is 0 Å². The van der Waals surface area contributed by atoms with Crippen molar-refractivity contribution in [1.29, 1.82) is 0 Å². The Balaban J connectivity index is 1.83. The summed E-state index contributed by atoms with van der Waals surface area (Å²) in [6.45, 7) is 0.0946. The van der Waals surface area contributed by atoms with E-state index < -0.39 is 0 Å². The molecule has 0 fully saturated rings. The quantitative estimate of drug-likeness (QED) is 0.516. The van der Waals surface area contributed by atoms with Crippen LogP contribution in [0, 0.1) is 0 Å². The molecule has 0 N–H and O–H groups in total. The summed E-state index contributed by atoms with van der Waals surface area (Å²) in [4.78, 5) is 6.87. The Morgan fingerprint density at radius 1 is 0.654 bits per heavy atom. The highest BCUT2D eigenvalue weighted by Gasteiger charge is 2.36. The lowest BCUT2D eigenvalue weighted by molar-refractivity contribution is 1.31. The summed E-state index contributed by atoms with van der Waals surface area (Å²) in [5, 5.41) is 0. The van der Waals surface area contributed by atoms with Crippen LogP contribution < -0.4 is 15.7 Å². The van der Waals surface area contributed by atoms with Crippen molar-refractivity contribution < 1.29 is 0 Å². The lowest BCUT2D eigenvalue weighted by Crippen LogP contribution is -2.57. The first-order valence-electron chi connectivity index (χ1n) is 8.86. The monoisotopic (exact) mass is 332 g/mol. The summed E-state index contributed by atoms with van der Waals surface area (Å²) in [5.74, 6) is 0. The van der Waals surface area contributed by atoms with Crippen LogP contribution in [0.25, 0.3) is 11.1 Å². The first kappa shape index (κ1) is 15.0. The topological polar surface area (TPSA) is 16.1 Å². The molecule has 0 unspecified atom stereocenters. The van der Waals surface area contributed by atoms with E-state index >= 15 is 0 Å². The van der Waals surface area contributed by atoms with Crippen LogP contribution in [0.1, 0.15) is 0 Å². The molecule has 1 aliphatic rings. The Morgan fingerprint density at radius 3 is 2.15 bits per heavy atom. The van der Waals surface area contributed by atoms with Gasteiger partial charge in [-0.1, -0.05) is 72.2 Å². The minimum absolute atomic E-state index is 0.0946. The zero-order valence-electron chi connectivity index (χ0n) is 14.3. The lowest BCUT2D eigenvalue weighted by atomic mass is 9.46. The van der Waals surface area contributed by atoms with Gasteiger partial charge in [0.15, 0.2) is 0 Å². The van der Waals surface area contributed by atoms with Gasteiger partial charge in [-0.2, -0.15) is 0 Å². The van der Waals surface area contributed by atoms with Gasteiger partial charge in [0.05, 0.1) is 0 Å². The van der Waals surface area contributed by atoms with Crippen LogP contribution in [0.4, 0.5) is 11.4 Å². The number of hydrogen-bond donors (Lipinski definition) is 0. The predicted molar refractivity (Wildman–Crippen MR) is 110 cm³/mol. The summed E-state index contributed by atoms with van der Waals surface area (Å²) < 4.78 is 0. The van der Waals surface area contributed by atoms with Gasteiger partial charge in [-0.25, -0.2) is 0 Å². The third kappa shape index (κ3) is 2.32. The predicted octanol–water partition coefficient (Wildman–Crippen LogP) is 4.01. The highest BCUT2D eigenvalue weighted by Crippen LogP contribution is 2.38. The fourth-order valence-electron chi connectivity index (χ4n) is 3.90. The number of benzene rings is 3. The SMILES string of the molecule is c1ccc(B2c3cnccc3-c3ccccc3N2c2ccccc2)cc1. The molecule has 0 atom stereocenters. The molecule has 0 amide bonds. The van der Waals surface area contributed by atoms with Crippen LogP contribution >= 0.6 is 0 Å². The molecule has 26 heavy (non-hydrogen) atoms. The van der Waals surface area contributed by atoms with Gasteiger partial charge >= 0.3 is 6.85 Å². The molecule has 3 heteroatoms. The average Bonchev–Trinajstić information content (AvgIpc) is 2.74. The highest BCUT2D eigenvalue weighted by molar-refractivity contribution is 6.90. The Bertz CT molecular complexity index is 961. The summed E-state index contributed by atoms with van der Waals surface area (Å²) in [6, 6.07) is 32.0. The number of nitrogens with zero attached hydrogens (tertiary/aromatic N) is 2. The Morgan fingerprint density at radius 2 is 1.35 bits per heavy atom. The van der Waals surface area contributed by atoms with E-state index in [1.54, 1.807) is 0 Å². The van der Waals surface area contributed by atoms with Crippen LogP contribution in [0.3, 0.4) is 0 Å². The van der Waals surface area contributed by atoms with E-state index in [2.05, 4.69) is 101 Å². The fourth-order valence-corrected chi connectivity index (χ4v) is 3.90. The van der Waals surface area contributed by atoms with E-state index in [-0.39, 0.29) is 6.85 Å². The molecular weight excluding hydrogens is 315 g/mol. The number of rotatable bonds is 2. The van der Waals surface area contributed by atoms with E-state index in [1.165, 1.54) is 33.4 Å². The van der Waals surface area contributed by atoms with Crippen LogP contribution in [0.2, 0.25) is 0 Å². The van der Waals surface area contributed by atoms with Gasteiger partial charge in [-0.05, 0) is 35.3 Å². The third-order valence-corrected chi connectivity index (χ3v) is 5.01. The summed E-state index contributed by atoms with van der Waals surface area (Å²) >= 11 is 0. The molecule has 0 saturated carbocycles. The zero-order valence-corrected chi connectivity index (χ0v) is 14.3. The van der Waals surface area contributed by atoms with E-state index in [1.807, 2.05) is 12.4 Å². The number of para-hydroxylation sites is 2. The molecule has 0 aliphatic carbocycles. The van der Waals surface area contributed by atoms with Gasteiger partial charge in [0, 0.05) is 29.3 Å². The molecule has 2 heterocycles. The van der Waals surface area contributed by atoms with Gasteiger partial charge in [-0.15, -0.1) is 0 Å². The van der Waals surface area contributed by atoms with Crippen molar-refractivity contribution in [3.8, 4) is 11.1 Å². The van der Waals surface area contributed by atoms with Gasteiger partial charge in [-0.3, -0.25) is 4.98 Å². The molecular formula is C23H17BN2. The maximum atomic E-state index is 4.45. The van der Waals surface area contributed by atoms with E-state index in [0.29, 0.717) is 0 Å². The summed E-state index contributed by atoms with van der Waals surface area (Å²) in [6.07, 6.45) is 3.90. The maximum Gasteiger partial charge on any atom is 0.330 e. The molecule has 0 saturated heterocycles. The number of fused-ring (bicyclic) bond motifs is 3. The largest absolute Gasteiger partial charge is 0.376 e. The third-order valence-electron chi connectivity index (χ3n) is 5.01. The standard InChI is InChI=1S/C23H17BN2/c1-3-9-18(10-4-1)24-22-17-25-16-15-20(22)21-13-7-8-14-23(21)26(24)19-11-5-2-6-12-19/h1-17H. The molecule has 0 radical (unpaired) electrons. The Hall–Kier alpha value is -3.33. The number of pyridine rings is 1. The van der Waals surface area contributed by atoms with Crippen molar-refractivity contribution in [3.63, 3.8) is 0 Å². The molecule has 1 aliphatic heterocycles. The average molecular weight is 332 g/mol. The smallest absolute Gasteiger partial charge is 0.330 e. The van der Waals surface area contributed by atoms with Gasteiger partial charge in [0.2, 0.25) is 0 Å². The summed E-state index contributed by atoms with van der Waals surface area (Å²) in [7, 11) is 0. The van der Waals surface area contributed by atoms with Crippen molar-refractivity contribution in [3.05, 3.63) is 103 Å². The van der Waals surface area contributed by atoms with Gasteiger partial charge < -0.3 is 4.81 Å². The number of aromatic nitrogens is 1.